The summed E-state index contributed by atoms with van der Waals surface area (Å²) in [6.07, 6.45) is 1.01. The molecule has 2 unspecified atom stereocenters. The van der Waals surface area contributed by atoms with Crippen molar-refractivity contribution in [3.05, 3.63) is 64.1 Å². The molecule has 7 nitrogen and oxygen atoms in total. The van der Waals surface area contributed by atoms with Crippen LogP contribution in [0, 0.1) is 11.8 Å². The van der Waals surface area contributed by atoms with Crippen LogP contribution >= 0.6 is 15.9 Å². The molecule has 2 atom stereocenters. The van der Waals surface area contributed by atoms with Crippen molar-refractivity contribution in [1.82, 2.24) is 15.2 Å². The lowest BCUT2D eigenvalue weighted by molar-refractivity contribution is 0.0846. The van der Waals surface area contributed by atoms with Gasteiger partial charge in [-0.15, -0.1) is 0 Å². The number of piperidine rings is 1. The number of carbonyl (C=O) groups excluding carboxylic acids is 2. The van der Waals surface area contributed by atoms with E-state index in [1.807, 2.05) is 13.8 Å². The Hall–Kier alpha value is -2.23. The summed E-state index contributed by atoms with van der Waals surface area (Å²) in [5, 5.41) is 0. The van der Waals surface area contributed by atoms with Crippen molar-refractivity contribution < 1.29 is 18.0 Å². The van der Waals surface area contributed by atoms with E-state index in [9.17, 15) is 18.0 Å². The maximum absolute atomic E-state index is 12.9. The first kappa shape index (κ1) is 22.5. The van der Waals surface area contributed by atoms with E-state index in [0.717, 1.165) is 10.9 Å². The van der Waals surface area contributed by atoms with Crippen LogP contribution in [0.4, 0.5) is 0 Å². The Morgan fingerprint density at radius 3 is 1.77 bits per heavy atom. The molecule has 0 spiro atoms. The van der Waals surface area contributed by atoms with Gasteiger partial charge in [0.2, 0.25) is 10.0 Å². The van der Waals surface area contributed by atoms with Crippen LogP contribution in [-0.2, 0) is 10.0 Å². The van der Waals surface area contributed by atoms with Crippen molar-refractivity contribution in [3.8, 4) is 0 Å². The molecule has 0 saturated carbocycles. The molecule has 2 amide bonds. The Kier molecular flexibility index (Phi) is 6.95. The molecule has 1 aliphatic rings. The minimum atomic E-state index is -3.61. The standard InChI is InChI=1S/C21H24BrN3O4S/c1-14-11-15(2)13-25(12-14)30(28,29)19-9-5-17(6-10-19)21(27)24-23-20(26)16-3-7-18(22)8-4-16/h3-10,14-15H,11-13H2,1-2H3,(H,23,26)(H,24,27). The average Bonchev–Trinajstić information content (AvgIpc) is 2.71. The van der Waals surface area contributed by atoms with E-state index < -0.39 is 21.8 Å². The Balaban J connectivity index is 1.64. The highest BCUT2D eigenvalue weighted by molar-refractivity contribution is 9.10. The molecule has 2 N–H and O–H groups in total. The molecule has 0 aromatic heterocycles. The number of carbonyl (C=O) groups is 2. The number of hydrazine groups is 1. The van der Waals surface area contributed by atoms with Crippen LogP contribution in [0.15, 0.2) is 57.9 Å². The van der Waals surface area contributed by atoms with Crippen LogP contribution in [-0.4, -0.2) is 37.6 Å². The summed E-state index contributed by atoms with van der Waals surface area (Å²) >= 11 is 3.29. The molecule has 0 bridgehead atoms. The number of nitrogens with zero attached hydrogens (tertiary/aromatic N) is 1. The lowest BCUT2D eigenvalue weighted by Gasteiger charge is -2.34. The summed E-state index contributed by atoms with van der Waals surface area (Å²) in [4.78, 5) is 24.5. The molecular formula is C21H24BrN3O4S. The van der Waals surface area contributed by atoms with Gasteiger partial charge in [0.25, 0.3) is 11.8 Å². The fraction of sp³-hybridized carbons (Fsp3) is 0.333. The van der Waals surface area contributed by atoms with E-state index in [0.29, 0.717) is 30.5 Å². The van der Waals surface area contributed by atoms with Gasteiger partial charge in [-0.1, -0.05) is 29.8 Å². The first-order chi connectivity index (χ1) is 14.2. The molecule has 30 heavy (non-hydrogen) atoms. The minimum absolute atomic E-state index is 0.152. The molecule has 1 aliphatic heterocycles. The summed E-state index contributed by atoms with van der Waals surface area (Å²) in [6.45, 7) is 5.09. The number of amides is 2. The SMILES string of the molecule is CC1CC(C)CN(S(=O)(=O)c2ccc(C(=O)NNC(=O)c3ccc(Br)cc3)cc2)C1. The number of sulfonamides is 1. The van der Waals surface area contributed by atoms with E-state index in [1.54, 1.807) is 24.3 Å². The van der Waals surface area contributed by atoms with E-state index in [1.165, 1.54) is 28.6 Å². The molecule has 3 rings (SSSR count). The van der Waals surface area contributed by atoms with Gasteiger partial charge < -0.3 is 0 Å². The summed E-state index contributed by atoms with van der Waals surface area (Å²) in [5.74, 6) is -0.376. The molecule has 1 heterocycles. The van der Waals surface area contributed by atoms with E-state index in [4.69, 9.17) is 0 Å². The number of halogens is 1. The fourth-order valence-corrected chi connectivity index (χ4v) is 5.53. The van der Waals surface area contributed by atoms with Gasteiger partial charge in [-0.2, -0.15) is 4.31 Å². The largest absolute Gasteiger partial charge is 0.269 e. The van der Waals surface area contributed by atoms with Gasteiger partial charge in [-0.05, 0) is 66.8 Å². The Morgan fingerprint density at radius 2 is 1.30 bits per heavy atom. The molecule has 160 valence electrons. The minimum Gasteiger partial charge on any atom is -0.267 e. The summed E-state index contributed by atoms with van der Waals surface area (Å²) in [6, 6.07) is 12.4. The number of rotatable bonds is 4. The smallest absolute Gasteiger partial charge is 0.267 e. The van der Waals surface area contributed by atoms with Crippen LogP contribution in [0.25, 0.3) is 0 Å². The summed E-state index contributed by atoms with van der Waals surface area (Å²) in [5.41, 5.74) is 5.31. The van der Waals surface area contributed by atoms with Gasteiger partial charge in [0, 0.05) is 28.7 Å². The normalized spacial score (nSPS) is 19.8. The number of hydrogen-bond donors (Lipinski definition) is 2. The maximum Gasteiger partial charge on any atom is 0.269 e. The quantitative estimate of drug-likeness (QED) is 0.639. The summed E-state index contributed by atoms with van der Waals surface area (Å²) < 4.78 is 28.2. The highest BCUT2D eigenvalue weighted by atomic mass is 79.9. The highest BCUT2D eigenvalue weighted by Crippen LogP contribution is 2.26. The zero-order valence-corrected chi connectivity index (χ0v) is 19.2. The van der Waals surface area contributed by atoms with Crippen LogP contribution < -0.4 is 10.9 Å². The second-order valence-corrected chi connectivity index (χ2v) is 10.6. The molecule has 1 fully saturated rings. The third kappa shape index (κ3) is 5.27. The zero-order valence-electron chi connectivity index (χ0n) is 16.8. The molecule has 9 heteroatoms. The Labute approximate surface area is 185 Å². The average molecular weight is 494 g/mol. The second-order valence-electron chi connectivity index (χ2n) is 7.71. The first-order valence-electron chi connectivity index (χ1n) is 9.63. The fourth-order valence-electron chi connectivity index (χ4n) is 3.59. The van der Waals surface area contributed by atoms with Crippen molar-refractivity contribution >= 4 is 37.8 Å². The lowest BCUT2D eigenvalue weighted by atomic mass is 9.94. The first-order valence-corrected chi connectivity index (χ1v) is 11.9. The van der Waals surface area contributed by atoms with Crippen molar-refractivity contribution in [1.29, 1.82) is 0 Å². The van der Waals surface area contributed by atoms with Crippen LogP contribution in [0.2, 0.25) is 0 Å². The third-order valence-electron chi connectivity index (χ3n) is 4.99. The lowest BCUT2D eigenvalue weighted by Crippen LogP contribution is -2.42. The van der Waals surface area contributed by atoms with Crippen LogP contribution in [0.5, 0.6) is 0 Å². The van der Waals surface area contributed by atoms with Crippen molar-refractivity contribution in [2.75, 3.05) is 13.1 Å². The Bertz CT molecular complexity index is 1010. The van der Waals surface area contributed by atoms with Crippen molar-refractivity contribution in [2.45, 2.75) is 25.2 Å². The molecule has 1 saturated heterocycles. The van der Waals surface area contributed by atoms with Gasteiger partial charge in [-0.25, -0.2) is 8.42 Å². The Morgan fingerprint density at radius 1 is 0.867 bits per heavy atom. The number of nitrogens with one attached hydrogen (secondary N) is 2. The monoisotopic (exact) mass is 493 g/mol. The van der Waals surface area contributed by atoms with Gasteiger partial charge in [0.1, 0.15) is 0 Å². The van der Waals surface area contributed by atoms with E-state index in [-0.39, 0.29) is 10.5 Å². The molecule has 2 aromatic carbocycles. The van der Waals surface area contributed by atoms with Gasteiger partial charge in [0.05, 0.1) is 4.90 Å². The third-order valence-corrected chi connectivity index (χ3v) is 7.36. The molecule has 0 radical (unpaired) electrons. The zero-order chi connectivity index (χ0) is 21.9. The van der Waals surface area contributed by atoms with Crippen molar-refractivity contribution in [3.63, 3.8) is 0 Å². The predicted molar refractivity (Wildman–Crippen MR) is 117 cm³/mol. The van der Waals surface area contributed by atoms with Gasteiger partial charge in [-0.3, -0.25) is 20.4 Å². The molecule has 0 aliphatic carbocycles. The summed E-state index contributed by atoms with van der Waals surface area (Å²) in [7, 11) is -3.61. The maximum atomic E-state index is 12.9. The van der Waals surface area contributed by atoms with Gasteiger partial charge in [0.15, 0.2) is 0 Å². The molecule has 2 aromatic rings. The van der Waals surface area contributed by atoms with Gasteiger partial charge >= 0.3 is 0 Å². The number of benzene rings is 2. The molecular weight excluding hydrogens is 470 g/mol. The topological polar surface area (TPSA) is 95.6 Å². The van der Waals surface area contributed by atoms with Crippen molar-refractivity contribution in [2.24, 2.45) is 11.8 Å². The number of hydrogen-bond acceptors (Lipinski definition) is 4. The van der Waals surface area contributed by atoms with E-state index >= 15 is 0 Å². The van der Waals surface area contributed by atoms with Crippen LogP contribution in [0.3, 0.4) is 0 Å². The van der Waals surface area contributed by atoms with Crippen LogP contribution in [0.1, 0.15) is 41.0 Å². The highest BCUT2D eigenvalue weighted by Gasteiger charge is 2.31. The second kappa shape index (κ2) is 9.28. The predicted octanol–water partition coefficient (Wildman–Crippen LogP) is 3.19. The van der Waals surface area contributed by atoms with E-state index in [2.05, 4.69) is 26.8 Å².